The molecular weight excluding hydrogens is 320 g/mol. The van der Waals surface area contributed by atoms with Gasteiger partial charge in [0.25, 0.3) is 0 Å². The van der Waals surface area contributed by atoms with Gasteiger partial charge < -0.3 is 14.5 Å². The summed E-state index contributed by atoms with van der Waals surface area (Å²) in [5.74, 6) is 0.764. The van der Waals surface area contributed by atoms with E-state index in [4.69, 9.17) is 0 Å². The molecule has 4 nitrogen and oxygen atoms in total. The first-order chi connectivity index (χ1) is 12.7. The number of benzene rings is 1. The Balaban J connectivity index is 1.50. The van der Waals surface area contributed by atoms with Crippen LogP contribution in [0.25, 0.3) is 17.0 Å². The van der Waals surface area contributed by atoms with E-state index in [-0.39, 0.29) is 0 Å². The van der Waals surface area contributed by atoms with Crippen molar-refractivity contribution in [3.63, 3.8) is 0 Å². The quantitative estimate of drug-likeness (QED) is 0.379. The van der Waals surface area contributed by atoms with E-state index in [0.29, 0.717) is 0 Å². The van der Waals surface area contributed by atoms with Crippen molar-refractivity contribution in [3.05, 3.63) is 42.0 Å². The van der Waals surface area contributed by atoms with Crippen LogP contribution in [0.2, 0.25) is 0 Å². The van der Waals surface area contributed by atoms with Gasteiger partial charge in [-0.3, -0.25) is 4.57 Å². The van der Waals surface area contributed by atoms with Crippen LogP contribution in [0.5, 0.6) is 0 Å². The number of rotatable bonds is 10. The number of hydrogen-bond donors (Lipinski definition) is 0. The highest BCUT2D eigenvalue weighted by Gasteiger charge is 2.02. The Bertz CT molecular complexity index is 789. The molecule has 0 amide bonds. The molecule has 3 aromatic rings. The van der Waals surface area contributed by atoms with E-state index in [9.17, 15) is 0 Å². The zero-order chi connectivity index (χ0) is 18.4. The van der Waals surface area contributed by atoms with Crippen LogP contribution in [-0.2, 0) is 6.54 Å². The van der Waals surface area contributed by atoms with Crippen molar-refractivity contribution in [2.45, 2.75) is 78.7 Å². The predicted octanol–water partition coefficient (Wildman–Crippen LogP) is 5.03. The van der Waals surface area contributed by atoms with Crippen molar-refractivity contribution >= 4 is 11.0 Å². The summed E-state index contributed by atoms with van der Waals surface area (Å²) >= 11 is 0. The third kappa shape index (κ3) is 4.75. The average molecular weight is 353 g/mol. The van der Waals surface area contributed by atoms with Crippen molar-refractivity contribution in [2.24, 2.45) is 0 Å². The number of unbranched alkanes of at least 4 members (excludes halogenated alkanes) is 7. The zero-order valence-electron chi connectivity index (χ0n) is 16.5. The van der Waals surface area contributed by atoms with E-state index in [1.807, 2.05) is 4.57 Å². The normalized spacial score (nSPS) is 11.5. The molecule has 0 aliphatic carbocycles. The van der Waals surface area contributed by atoms with E-state index in [1.54, 1.807) is 0 Å². The Morgan fingerprint density at radius 1 is 0.962 bits per heavy atom. The lowest BCUT2D eigenvalue weighted by Crippen LogP contribution is -2.30. The van der Waals surface area contributed by atoms with Crippen LogP contribution in [0.15, 0.2) is 30.9 Å². The molecule has 0 aliphatic rings. The number of nitrogens with zero attached hydrogens (tertiary/aromatic N) is 4. The minimum absolute atomic E-state index is 0.764. The fourth-order valence-electron chi connectivity index (χ4n) is 3.39. The van der Waals surface area contributed by atoms with Crippen LogP contribution < -0.4 is 9.55 Å². The van der Waals surface area contributed by atoms with E-state index in [2.05, 4.69) is 66.2 Å². The van der Waals surface area contributed by atoms with E-state index in [1.165, 1.54) is 62.5 Å². The molecule has 2 aromatic heterocycles. The number of aryl methyl sites for hydroxylation is 3. The minimum Gasteiger partial charge on any atom is -0.358 e. The van der Waals surface area contributed by atoms with E-state index >= 15 is 0 Å². The topological polar surface area (TPSA) is 35.8 Å². The van der Waals surface area contributed by atoms with Gasteiger partial charge >= 0.3 is 0 Å². The Morgan fingerprint density at radius 3 is 2.42 bits per heavy atom. The Labute approximate surface area is 157 Å². The summed E-state index contributed by atoms with van der Waals surface area (Å²) in [6.07, 6.45) is 17.1. The molecule has 0 aliphatic heterocycles. The maximum atomic E-state index is 4.68. The molecule has 0 unspecified atom stereocenters. The van der Waals surface area contributed by atoms with Crippen LogP contribution in [0.1, 0.15) is 69.4 Å². The van der Waals surface area contributed by atoms with Crippen molar-refractivity contribution in [2.75, 3.05) is 0 Å². The van der Waals surface area contributed by atoms with Crippen LogP contribution in [0.3, 0.4) is 0 Å². The fraction of sp³-hybridized carbons (Fsp3) is 0.545. The van der Waals surface area contributed by atoms with Gasteiger partial charge in [-0.1, -0.05) is 45.4 Å². The Kier molecular flexibility index (Phi) is 6.48. The lowest BCUT2D eigenvalue weighted by molar-refractivity contribution is -0.696. The highest BCUT2D eigenvalue weighted by Crippen LogP contribution is 2.17. The molecule has 26 heavy (non-hydrogen) atoms. The number of imidazole rings is 2. The molecule has 4 heteroatoms. The van der Waals surface area contributed by atoms with Crippen molar-refractivity contribution in [1.82, 2.24) is 14.5 Å². The van der Waals surface area contributed by atoms with Crippen molar-refractivity contribution in [3.8, 4) is 5.95 Å². The first kappa shape index (κ1) is 18.7. The Morgan fingerprint density at radius 2 is 1.65 bits per heavy atom. The summed E-state index contributed by atoms with van der Waals surface area (Å²) in [5, 5.41) is 0. The monoisotopic (exact) mass is 352 g/mol. The molecule has 3 rings (SSSR count). The number of aromatic nitrogens is 4. The molecule has 2 heterocycles. The molecule has 140 valence electrons. The molecule has 0 saturated carbocycles. The lowest BCUT2D eigenvalue weighted by Gasteiger charge is -2.04. The first-order valence-electron chi connectivity index (χ1n) is 10.2. The second-order valence-electron chi connectivity index (χ2n) is 7.48. The molecule has 0 spiro atoms. The van der Waals surface area contributed by atoms with Gasteiger partial charge in [0.1, 0.15) is 6.33 Å². The smallest absolute Gasteiger partial charge is 0.108 e. The van der Waals surface area contributed by atoms with Gasteiger partial charge in [-0.25, -0.2) is 0 Å². The molecule has 0 radical (unpaired) electrons. The summed E-state index contributed by atoms with van der Waals surface area (Å²) in [5.41, 5.74) is 4.49. The van der Waals surface area contributed by atoms with Crippen LogP contribution in [0.4, 0.5) is 0 Å². The zero-order valence-corrected chi connectivity index (χ0v) is 16.5. The van der Waals surface area contributed by atoms with Gasteiger partial charge in [-0.05, 0) is 56.1 Å². The minimum atomic E-state index is 0.764. The van der Waals surface area contributed by atoms with E-state index < -0.39 is 0 Å². The van der Waals surface area contributed by atoms with Gasteiger partial charge in [-0.2, -0.15) is 0 Å². The maximum Gasteiger partial charge on any atom is 0.108 e. The summed E-state index contributed by atoms with van der Waals surface area (Å²) in [4.78, 5) is 9.36. The standard InChI is InChI=1S/C22H32N4/c1-4-5-6-7-8-9-10-11-12-25-13-14-26(17-25)22-23-20-15-18(2)19(3)16-21(20)24-22/h13-17H,4-12H2,1-3H3. The van der Waals surface area contributed by atoms with Gasteiger partial charge in [0.2, 0.25) is 0 Å². The van der Waals surface area contributed by atoms with Crippen LogP contribution in [-0.4, -0.2) is 9.55 Å². The third-order valence-corrected chi connectivity index (χ3v) is 5.22. The van der Waals surface area contributed by atoms with Gasteiger partial charge in [0.15, 0.2) is 0 Å². The van der Waals surface area contributed by atoms with E-state index in [0.717, 1.165) is 23.5 Å². The summed E-state index contributed by atoms with van der Waals surface area (Å²) in [7, 11) is 0. The predicted molar refractivity (Wildman–Crippen MR) is 107 cm³/mol. The largest absolute Gasteiger partial charge is 0.358 e. The molecule has 0 bridgehead atoms. The molecule has 0 saturated heterocycles. The lowest BCUT2D eigenvalue weighted by atomic mass is 10.1. The highest BCUT2D eigenvalue weighted by molar-refractivity contribution is 5.77. The van der Waals surface area contributed by atoms with Crippen LogP contribution >= 0.6 is 0 Å². The Hall–Kier alpha value is -2.10. The summed E-state index contributed by atoms with van der Waals surface area (Å²) < 4.78 is 4.27. The molecule has 0 atom stereocenters. The number of hydrogen-bond acceptors (Lipinski definition) is 1. The van der Waals surface area contributed by atoms with Crippen molar-refractivity contribution < 1.29 is 4.57 Å². The molecular formula is C22H32N4. The first-order valence-corrected chi connectivity index (χ1v) is 10.2. The molecule has 1 aromatic carbocycles. The van der Waals surface area contributed by atoms with Crippen LogP contribution in [0, 0.1) is 13.8 Å². The maximum absolute atomic E-state index is 4.68. The summed E-state index contributed by atoms with van der Waals surface area (Å²) in [6.45, 7) is 7.59. The molecule has 0 N–H and O–H groups in total. The van der Waals surface area contributed by atoms with Gasteiger partial charge in [0.05, 0.1) is 12.7 Å². The molecule has 0 fully saturated rings. The second-order valence-corrected chi connectivity index (χ2v) is 7.48. The van der Waals surface area contributed by atoms with Gasteiger partial charge in [-0.15, -0.1) is 0 Å². The average Bonchev–Trinajstić information content (AvgIpc) is 3.24. The van der Waals surface area contributed by atoms with Gasteiger partial charge in [0, 0.05) is 17.0 Å². The SMILES string of the molecule is CCCCCCCCCC[n+]1ccn(-c2nc3cc(C)c(C)cc3[n-]2)c1. The summed E-state index contributed by atoms with van der Waals surface area (Å²) in [6, 6.07) is 4.25. The fourth-order valence-corrected chi connectivity index (χ4v) is 3.39. The highest BCUT2D eigenvalue weighted by atomic mass is 15.2. The number of fused-ring (bicyclic) bond motifs is 1. The van der Waals surface area contributed by atoms with Crippen molar-refractivity contribution in [1.29, 1.82) is 0 Å². The second kappa shape index (κ2) is 9.02. The third-order valence-electron chi connectivity index (χ3n) is 5.22.